The molecular weight excluding hydrogens is 548 g/mol. The third-order valence-electron chi connectivity index (χ3n) is 9.27. The van der Waals surface area contributed by atoms with Crippen molar-refractivity contribution >= 4 is 5.97 Å². The second-order valence-corrected chi connectivity index (χ2v) is 14.5. The number of ether oxygens (including phenoxy) is 1. The molecule has 0 radical (unpaired) electrons. The van der Waals surface area contributed by atoms with Gasteiger partial charge in [-0.25, -0.2) is 0 Å². The number of allylic oxidation sites excluding steroid dienone is 4. The molecule has 45 heavy (non-hydrogen) atoms. The van der Waals surface area contributed by atoms with E-state index in [0.29, 0.717) is 13.0 Å². The van der Waals surface area contributed by atoms with Gasteiger partial charge in [0.2, 0.25) is 0 Å². The number of carbonyl (C=O) groups excluding carboxylic acids is 1. The second-order valence-electron chi connectivity index (χ2n) is 14.5. The zero-order valence-corrected chi connectivity index (χ0v) is 31.2. The predicted octanol–water partition coefficient (Wildman–Crippen LogP) is 15.2. The first-order valence-electron chi connectivity index (χ1n) is 20.6. The molecule has 266 valence electrons. The number of rotatable bonds is 37. The zero-order chi connectivity index (χ0) is 32.7. The number of carbonyl (C=O) groups is 1. The maximum absolute atomic E-state index is 12.0. The summed E-state index contributed by atoms with van der Waals surface area (Å²) in [5.41, 5.74) is 0. The monoisotopic (exact) mass is 631 g/mol. The smallest absolute Gasteiger partial charge is 0.305 e. The molecule has 0 saturated carbocycles. The summed E-state index contributed by atoms with van der Waals surface area (Å²) in [5, 5.41) is 0. The molecule has 0 spiro atoms. The van der Waals surface area contributed by atoms with Gasteiger partial charge in [-0.15, -0.1) is 0 Å². The molecule has 0 aromatic carbocycles. The first kappa shape index (κ1) is 43.9. The van der Waals surface area contributed by atoms with E-state index in [4.69, 9.17) is 4.74 Å². The summed E-state index contributed by atoms with van der Waals surface area (Å²) in [6, 6.07) is 0. The topological polar surface area (TPSA) is 26.3 Å². The van der Waals surface area contributed by atoms with Crippen molar-refractivity contribution in [3.63, 3.8) is 0 Å². The standard InChI is InChI=1S/C43H82O2/c1-4-5-6-7-8-9-10-11-18-22-25-28-31-34-37-40-43(44)45-41-38-35-32-29-26-23-20-17-15-13-12-14-16-19-21-24-27-30-33-36-39-42(2)3/h8-9,11,18,42H,4-7,10,12-17,19-41H2,1-3H3/b9-8-,18-11-. The van der Waals surface area contributed by atoms with Crippen molar-refractivity contribution in [1.29, 1.82) is 0 Å². The van der Waals surface area contributed by atoms with E-state index in [-0.39, 0.29) is 5.97 Å². The fourth-order valence-corrected chi connectivity index (χ4v) is 6.18. The van der Waals surface area contributed by atoms with E-state index in [9.17, 15) is 4.79 Å². The van der Waals surface area contributed by atoms with Gasteiger partial charge in [-0.3, -0.25) is 4.79 Å². The average molecular weight is 631 g/mol. The Balaban J connectivity index is 3.19. The Morgan fingerprint density at radius 2 is 0.844 bits per heavy atom. The van der Waals surface area contributed by atoms with Gasteiger partial charge in [0.05, 0.1) is 6.61 Å². The minimum Gasteiger partial charge on any atom is -0.466 e. The first-order chi connectivity index (χ1) is 22.2. The largest absolute Gasteiger partial charge is 0.466 e. The molecule has 0 aliphatic heterocycles. The van der Waals surface area contributed by atoms with Crippen LogP contribution in [0, 0.1) is 5.92 Å². The Morgan fingerprint density at radius 1 is 0.467 bits per heavy atom. The maximum atomic E-state index is 12.0. The number of esters is 1. The van der Waals surface area contributed by atoms with Crippen molar-refractivity contribution in [1.82, 2.24) is 0 Å². The molecule has 0 bridgehead atoms. The summed E-state index contributed by atoms with van der Waals surface area (Å²) in [5.74, 6) is 0.895. The Morgan fingerprint density at radius 3 is 1.29 bits per heavy atom. The van der Waals surface area contributed by atoms with Crippen molar-refractivity contribution in [3.05, 3.63) is 24.3 Å². The van der Waals surface area contributed by atoms with Gasteiger partial charge < -0.3 is 4.74 Å². The fourth-order valence-electron chi connectivity index (χ4n) is 6.18. The van der Waals surface area contributed by atoms with Gasteiger partial charge in [0.25, 0.3) is 0 Å². The second kappa shape index (κ2) is 39.1. The molecule has 0 fully saturated rings. The third-order valence-corrected chi connectivity index (χ3v) is 9.27. The van der Waals surface area contributed by atoms with Crippen molar-refractivity contribution < 1.29 is 9.53 Å². The lowest BCUT2D eigenvalue weighted by Gasteiger charge is -2.06. The minimum atomic E-state index is 0.0129. The van der Waals surface area contributed by atoms with Crippen LogP contribution >= 0.6 is 0 Å². The van der Waals surface area contributed by atoms with E-state index in [2.05, 4.69) is 45.1 Å². The van der Waals surface area contributed by atoms with Gasteiger partial charge in [-0.05, 0) is 50.9 Å². The highest BCUT2D eigenvalue weighted by Gasteiger charge is 2.03. The number of hydrogen-bond acceptors (Lipinski definition) is 2. The molecule has 2 nitrogen and oxygen atoms in total. The van der Waals surface area contributed by atoms with Crippen LogP contribution in [0.5, 0.6) is 0 Å². The highest BCUT2D eigenvalue weighted by molar-refractivity contribution is 5.69. The Kier molecular flexibility index (Phi) is 38.2. The molecule has 0 unspecified atom stereocenters. The SMILES string of the molecule is CCCCC/C=C\C/C=C\CCCCCCCC(=O)OCCCCCCCCCCCCCCCCCCCCCCC(C)C. The van der Waals surface area contributed by atoms with Crippen molar-refractivity contribution in [2.45, 2.75) is 233 Å². The third kappa shape index (κ3) is 40.9. The van der Waals surface area contributed by atoms with E-state index in [1.165, 1.54) is 180 Å². The molecule has 2 heteroatoms. The lowest BCUT2D eigenvalue weighted by Crippen LogP contribution is -2.05. The summed E-state index contributed by atoms with van der Waals surface area (Å²) < 4.78 is 5.45. The minimum absolute atomic E-state index is 0.0129. The highest BCUT2D eigenvalue weighted by Crippen LogP contribution is 2.16. The quantitative estimate of drug-likeness (QED) is 0.0388. The molecule has 0 N–H and O–H groups in total. The van der Waals surface area contributed by atoms with Crippen LogP contribution in [0.25, 0.3) is 0 Å². The normalized spacial score (nSPS) is 11.9. The van der Waals surface area contributed by atoms with Crippen molar-refractivity contribution in [2.24, 2.45) is 5.92 Å². The molecule has 0 saturated heterocycles. The molecular formula is C43H82O2. The lowest BCUT2D eigenvalue weighted by atomic mass is 10.0. The van der Waals surface area contributed by atoms with E-state index >= 15 is 0 Å². The van der Waals surface area contributed by atoms with Gasteiger partial charge in [0.15, 0.2) is 0 Å². The molecule has 0 rings (SSSR count). The van der Waals surface area contributed by atoms with Crippen LogP contribution < -0.4 is 0 Å². The summed E-state index contributed by atoms with van der Waals surface area (Å²) >= 11 is 0. The van der Waals surface area contributed by atoms with Crippen LogP contribution in [0.4, 0.5) is 0 Å². The van der Waals surface area contributed by atoms with Crippen molar-refractivity contribution in [2.75, 3.05) is 6.61 Å². The summed E-state index contributed by atoms with van der Waals surface area (Å²) in [7, 11) is 0. The van der Waals surface area contributed by atoms with Crippen molar-refractivity contribution in [3.8, 4) is 0 Å². The molecule has 0 amide bonds. The van der Waals surface area contributed by atoms with Gasteiger partial charge >= 0.3 is 5.97 Å². The van der Waals surface area contributed by atoms with E-state index < -0.39 is 0 Å². The molecule has 0 aliphatic rings. The van der Waals surface area contributed by atoms with Crippen LogP contribution in [0.3, 0.4) is 0 Å². The summed E-state index contributed by atoms with van der Waals surface area (Å²) in [4.78, 5) is 12.0. The van der Waals surface area contributed by atoms with Gasteiger partial charge in [0, 0.05) is 6.42 Å². The molecule has 0 aliphatic carbocycles. The van der Waals surface area contributed by atoms with Crippen LogP contribution in [-0.2, 0) is 9.53 Å². The van der Waals surface area contributed by atoms with Crippen LogP contribution in [0.1, 0.15) is 233 Å². The molecule has 0 aromatic rings. The number of unbranched alkanes of at least 4 members (excludes halogenated alkanes) is 27. The zero-order valence-electron chi connectivity index (χ0n) is 31.2. The first-order valence-corrected chi connectivity index (χ1v) is 20.6. The average Bonchev–Trinajstić information content (AvgIpc) is 3.03. The summed E-state index contributed by atoms with van der Waals surface area (Å²) in [6.45, 7) is 7.56. The fraction of sp³-hybridized carbons (Fsp3) is 0.884. The summed E-state index contributed by atoms with van der Waals surface area (Å²) in [6.07, 6.45) is 52.6. The number of hydrogen-bond donors (Lipinski definition) is 0. The van der Waals surface area contributed by atoms with Crippen LogP contribution in [0.15, 0.2) is 24.3 Å². The predicted molar refractivity (Wildman–Crippen MR) is 202 cm³/mol. The highest BCUT2D eigenvalue weighted by atomic mass is 16.5. The maximum Gasteiger partial charge on any atom is 0.305 e. The van der Waals surface area contributed by atoms with Crippen LogP contribution in [-0.4, -0.2) is 12.6 Å². The Labute approximate surface area is 284 Å². The van der Waals surface area contributed by atoms with Crippen LogP contribution in [0.2, 0.25) is 0 Å². The van der Waals surface area contributed by atoms with Gasteiger partial charge in [-0.1, -0.05) is 206 Å². The molecule has 0 atom stereocenters. The van der Waals surface area contributed by atoms with E-state index in [1.54, 1.807) is 0 Å². The Bertz CT molecular complexity index is 619. The molecule has 0 aromatic heterocycles. The van der Waals surface area contributed by atoms with Gasteiger partial charge in [-0.2, -0.15) is 0 Å². The Hall–Kier alpha value is -1.05. The van der Waals surface area contributed by atoms with E-state index in [1.807, 2.05) is 0 Å². The lowest BCUT2D eigenvalue weighted by molar-refractivity contribution is -0.143. The molecule has 0 heterocycles. The van der Waals surface area contributed by atoms with Gasteiger partial charge in [0.1, 0.15) is 0 Å². The van der Waals surface area contributed by atoms with E-state index in [0.717, 1.165) is 31.6 Å².